The smallest absolute Gasteiger partial charge is 0.111 e. The maximum absolute atomic E-state index is 10.2. The van der Waals surface area contributed by atoms with Gasteiger partial charge in [0.25, 0.3) is 0 Å². The fraction of sp³-hybridized carbons (Fsp3) is 0.611. The van der Waals surface area contributed by atoms with Crippen molar-refractivity contribution in [2.24, 2.45) is 7.05 Å². The number of imidazole rings is 1. The van der Waals surface area contributed by atoms with Gasteiger partial charge in [0.2, 0.25) is 0 Å². The second kappa shape index (κ2) is 7.78. The molecule has 6 heteroatoms. The number of aliphatic hydroxyl groups is 1. The van der Waals surface area contributed by atoms with Crippen molar-refractivity contribution < 1.29 is 9.84 Å². The molecule has 1 aliphatic heterocycles. The molecule has 24 heavy (non-hydrogen) atoms. The highest BCUT2D eigenvalue weighted by atomic mass is 32.1. The standard InChI is InChI=1S/C18H27N3O2S/c1-13(2)18-19-16-10-21(7-6-17(16)20(18)3)9-14(22)11-23-12-15-5-4-8-24-15/h4-5,8,13-14,22H,6-7,9-12H2,1-3H3/t14-/m0/s1. The molecule has 1 atom stereocenters. The molecule has 0 saturated heterocycles. The highest BCUT2D eigenvalue weighted by Crippen LogP contribution is 2.23. The molecule has 2 aromatic rings. The molecule has 2 aromatic heterocycles. The fourth-order valence-corrected chi connectivity index (χ4v) is 3.96. The average molecular weight is 350 g/mol. The van der Waals surface area contributed by atoms with E-state index in [1.807, 2.05) is 11.4 Å². The molecule has 0 bridgehead atoms. The second-order valence-corrected chi connectivity index (χ2v) is 7.84. The molecule has 1 N–H and O–H groups in total. The van der Waals surface area contributed by atoms with Gasteiger partial charge in [0, 0.05) is 49.6 Å². The highest BCUT2D eigenvalue weighted by Gasteiger charge is 2.24. The first-order chi connectivity index (χ1) is 11.5. The molecule has 0 fully saturated rings. The van der Waals surface area contributed by atoms with Crippen LogP contribution in [0.15, 0.2) is 17.5 Å². The van der Waals surface area contributed by atoms with Gasteiger partial charge in [-0.1, -0.05) is 19.9 Å². The predicted molar refractivity (Wildman–Crippen MR) is 96.3 cm³/mol. The van der Waals surface area contributed by atoms with Crippen LogP contribution in [-0.4, -0.2) is 45.4 Å². The molecule has 5 nitrogen and oxygen atoms in total. The molecule has 0 aromatic carbocycles. The van der Waals surface area contributed by atoms with Crippen molar-refractivity contribution >= 4 is 11.3 Å². The minimum Gasteiger partial charge on any atom is -0.389 e. The van der Waals surface area contributed by atoms with Crippen molar-refractivity contribution in [3.8, 4) is 0 Å². The summed E-state index contributed by atoms with van der Waals surface area (Å²) in [4.78, 5) is 8.28. The molecule has 0 radical (unpaired) electrons. The van der Waals surface area contributed by atoms with Crippen molar-refractivity contribution in [3.63, 3.8) is 0 Å². The third-order valence-corrected chi connectivity index (χ3v) is 5.34. The topological polar surface area (TPSA) is 50.5 Å². The van der Waals surface area contributed by atoms with Crippen molar-refractivity contribution in [1.29, 1.82) is 0 Å². The lowest BCUT2D eigenvalue weighted by atomic mass is 10.1. The Kier molecular flexibility index (Phi) is 5.71. The molecule has 0 amide bonds. The van der Waals surface area contributed by atoms with Crippen molar-refractivity contribution in [3.05, 3.63) is 39.6 Å². The van der Waals surface area contributed by atoms with E-state index in [0.29, 0.717) is 25.7 Å². The maximum Gasteiger partial charge on any atom is 0.111 e. The van der Waals surface area contributed by atoms with Crippen LogP contribution in [-0.2, 0) is 31.4 Å². The number of fused-ring (bicyclic) bond motifs is 1. The molecule has 0 saturated carbocycles. The first-order valence-electron chi connectivity index (χ1n) is 8.59. The maximum atomic E-state index is 10.2. The van der Waals surface area contributed by atoms with Gasteiger partial charge in [0.15, 0.2) is 0 Å². The lowest BCUT2D eigenvalue weighted by Crippen LogP contribution is -2.38. The van der Waals surface area contributed by atoms with Gasteiger partial charge in [-0.25, -0.2) is 4.98 Å². The number of rotatable bonds is 7. The number of hydrogen-bond donors (Lipinski definition) is 1. The molecule has 3 heterocycles. The molecule has 132 valence electrons. The highest BCUT2D eigenvalue weighted by molar-refractivity contribution is 7.09. The summed E-state index contributed by atoms with van der Waals surface area (Å²) in [6.45, 7) is 7.74. The number of β-amino-alcohol motifs (C(OH)–C–C–N with tert-alkyl or cyclic N) is 1. The Labute approximate surface area is 147 Å². The second-order valence-electron chi connectivity index (χ2n) is 6.81. The average Bonchev–Trinajstić information content (AvgIpc) is 3.15. The van der Waals surface area contributed by atoms with E-state index < -0.39 is 6.10 Å². The molecular formula is C18H27N3O2S. The van der Waals surface area contributed by atoms with Gasteiger partial charge in [-0.05, 0) is 11.4 Å². The summed E-state index contributed by atoms with van der Waals surface area (Å²) >= 11 is 1.68. The Morgan fingerprint density at radius 2 is 2.25 bits per heavy atom. The van der Waals surface area contributed by atoms with Gasteiger partial charge in [-0.2, -0.15) is 0 Å². The summed E-state index contributed by atoms with van der Waals surface area (Å²) in [6, 6.07) is 4.07. The van der Waals surface area contributed by atoms with Crippen LogP contribution < -0.4 is 0 Å². The Bertz CT molecular complexity index is 652. The molecule has 0 unspecified atom stereocenters. The van der Waals surface area contributed by atoms with E-state index in [9.17, 15) is 5.11 Å². The lowest BCUT2D eigenvalue weighted by molar-refractivity contribution is 0.00820. The van der Waals surface area contributed by atoms with Gasteiger partial charge in [-0.15, -0.1) is 11.3 Å². The molecule has 0 spiro atoms. The van der Waals surface area contributed by atoms with E-state index in [2.05, 4.69) is 36.4 Å². The zero-order valence-electron chi connectivity index (χ0n) is 14.7. The molecule has 1 aliphatic rings. The fourth-order valence-electron chi connectivity index (χ4n) is 3.32. The Morgan fingerprint density at radius 1 is 1.42 bits per heavy atom. The normalized spacial score (nSPS) is 16.5. The summed E-state index contributed by atoms with van der Waals surface area (Å²) in [5.41, 5.74) is 2.51. The van der Waals surface area contributed by atoms with E-state index in [1.165, 1.54) is 16.3 Å². The number of aromatic nitrogens is 2. The van der Waals surface area contributed by atoms with Crippen LogP contribution in [0.1, 0.15) is 41.9 Å². The van der Waals surface area contributed by atoms with Gasteiger partial charge >= 0.3 is 0 Å². The van der Waals surface area contributed by atoms with Crippen molar-refractivity contribution in [1.82, 2.24) is 14.5 Å². The van der Waals surface area contributed by atoms with Gasteiger partial charge in [-0.3, -0.25) is 4.90 Å². The minimum absolute atomic E-state index is 0.376. The number of thiophene rings is 1. The zero-order valence-corrected chi connectivity index (χ0v) is 15.6. The van der Waals surface area contributed by atoms with Crippen LogP contribution in [0.3, 0.4) is 0 Å². The van der Waals surface area contributed by atoms with Gasteiger partial charge in [0.05, 0.1) is 25.0 Å². The SMILES string of the molecule is CC(C)c1nc2c(n1C)CCN(C[C@H](O)COCc1cccs1)C2. The Balaban J connectivity index is 1.49. The summed E-state index contributed by atoms with van der Waals surface area (Å²) < 4.78 is 7.87. The van der Waals surface area contributed by atoms with Crippen molar-refractivity contribution in [2.45, 2.75) is 45.4 Å². The monoisotopic (exact) mass is 349 g/mol. The molecule has 0 aliphatic carbocycles. The number of aliphatic hydroxyl groups excluding tert-OH is 1. The number of hydrogen-bond acceptors (Lipinski definition) is 5. The van der Waals surface area contributed by atoms with Gasteiger partial charge in [0.1, 0.15) is 5.82 Å². The minimum atomic E-state index is -0.459. The Hall–Kier alpha value is -1.21. The van der Waals surface area contributed by atoms with Gasteiger partial charge < -0.3 is 14.4 Å². The number of nitrogens with zero attached hydrogens (tertiary/aromatic N) is 3. The van der Waals surface area contributed by atoms with E-state index in [1.54, 1.807) is 11.3 Å². The Morgan fingerprint density at radius 3 is 2.96 bits per heavy atom. The first kappa shape index (κ1) is 17.6. The zero-order chi connectivity index (χ0) is 17.1. The van der Waals surface area contributed by atoms with E-state index >= 15 is 0 Å². The van der Waals surface area contributed by atoms with Crippen LogP contribution in [0, 0.1) is 0 Å². The third kappa shape index (κ3) is 4.06. The van der Waals surface area contributed by atoms with E-state index in [4.69, 9.17) is 9.72 Å². The first-order valence-corrected chi connectivity index (χ1v) is 9.47. The molecule has 3 rings (SSSR count). The van der Waals surface area contributed by atoms with Crippen LogP contribution in [0.2, 0.25) is 0 Å². The van der Waals surface area contributed by atoms with Crippen LogP contribution >= 0.6 is 11.3 Å². The van der Waals surface area contributed by atoms with Crippen molar-refractivity contribution in [2.75, 3.05) is 19.7 Å². The van der Waals surface area contributed by atoms with Crippen LogP contribution in [0.4, 0.5) is 0 Å². The molecular weight excluding hydrogens is 322 g/mol. The largest absolute Gasteiger partial charge is 0.389 e. The quantitative estimate of drug-likeness (QED) is 0.835. The van der Waals surface area contributed by atoms with E-state index in [-0.39, 0.29) is 0 Å². The van der Waals surface area contributed by atoms with E-state index in [0.717, 1.165) is 25.3 Å². The lowest BCUT2D eigenvalue weighted by Gasteiger charge is -2.28. The third-order valence-electron chi connectivity index (χ3n) is 4.49. The summed E-state index contributed by atoms with van der Waals surface area (Å²) in [7, 11) is 2.12. The summed E-state index contributed by atoms with van der Waals surface area (Å²) in [5, 5.41) is 12.3. The van der Waals surface area contributed by atoms with Crippen LogP contribution in [0.5, 0.6) is 0 Å². The number of ether oxygens (including phenoxy) is 1. The summed E-state index contributed by atoms with van der Waals surface area (Å²) in [6.07, 6.45) is 0.536. The summed E-state index contributed by atoms with van der Waals surface area (Å²) in [5.74, 6) is 1.59. The van der Waals surface area contributed by atoms with Crippen LogP contribution in [0.25, 0.3) is 0 Å². The predicted octanol–water partition coefficient (Wildman–Crippen LogP) is 2.54.